The van der Waals surface area contributed by atoms with Gasteiger partial charge in [0.1, 0.15) is 0 Å². The highest BCUT2D eigenvalue weighted by molar-refractivity contribution is 9.10. The van der Waals surface area contributed by atoms with Crippen molar-refractivity contribution in [2.45, 2.75) is 25.9 Å². The lowest BCUT2D eigenvalue weighted by molar-refractivity contribution is -0.137. The van der Waals surface area contributed by atoms with E-state index in [1.807, 2.05) is 0 Å². The lowest BCUT2D eigenvalue weighted by Gasteiger charge is -2.17. The standard InChI is InChI=1S/C13H18BrF3N2/c1-2-9(5-6-18)8-19-12-4-3-10(7-11(12)14)13(15,16)17/h3-4,7,9,19H,2,5-6,8,18H2,1H3. The summed E-state index contributed by atoms with van der Waals surface area (Å²) in [5.74, 6) is 0.430. The predicted molar refractivity (Wildman–Crippen MR) is 75.1 cm³/mol. The van der Waals surface area contributed by atoms with Crippen molar-refractivity contribution in [3.8, 4) is 0 Å². The summed E-state index contributed by atoms with van der Waals surface area (Å²) in [6, 6.07) is 3.62. The summed E-state index contributed by atoms with van der Waals surface area (Å²) < 4.78 is 38.0. The van der Waals surface area contributed by atoms with Gasteiger partial charge in [-0.05, 0) is 53.0 Å². The zero-order valence-corrected chi connectivity index (χ0v) is 12.3. The average Bonchev–Trinajstić information content (AvgIpc) is 2.34. The summed E-state index contributed by atoms with van der Waals surface area (Å²) in [4.78, 5) is 0. The average molecular weight is 339 g/mol. The smallest absolute Gasteiger partial charge is 0.384 e. The summed E-state index contributed by atoms with van der Waals surface area (Å²) in [5, 5.41) is 3.16. The third kappa shape index (κ3) is 5.03. The van der Waals surface area contributed by atoms with Crippen molar-refractivity contribution in [3.63, 3.8) is 0 Å². The molecule has 0 fully saturated rings. The maximum atomic E-state index is 12.5. The van der Waals surface area contributed by atoms with E-state index in [-0.39, 0.29) is 0 Å². The Balaban J connectivity index is 2.70. The van der Waals surface area contributed by atoms with E-state index in [0.29, 0.717) is 29.2 Å². The van der Waals surface area contributed by atoms with Crippen molar-refractivity contribution in [2.75, 3.05) is 18.4 Å². The van der Waals surface area contributed by atoms with Crippen LogP contribution in [0, 0.1) is 5.92 Å². The molecule has 0 aromatic heterocycles. The van der Waals surface area contributed by atoms with Crippen LogP contribution in [0.2, 0.25) is 0 Å². The first kappa shape index (κ1) is 16.3. The summed E-state index contributed by atoms with van der Waals surface area (Å²) in [6.45, 7) is 3.40. The van der Waals surface area contributed by atoms with E-state index in [9.17, 15) is 13.2 Å². The molecule has 1 aromatic rings. The Morgan fingerprint density at radius 2 is 2.05 bits per heavy atom. The van der Waals surface area contributed by atoms with Crippen LogP contribution in [0.25, 0.3) is 0 Å². The molecule has 1 rings (SSSR count). The molecule has 19 heavy (non-hydrogen) atoms. The SMILES string of the molecule is CCC(CCN)CNc1ccc(C(F)(F)F)cc1Br. The van der Waals surface area contributed by atoms with E-state index < -0.39 is 11.7 Å². The third-order valence-electron chi connectivity index (χ3n) is 3.03. The molecule has 6 heteroatoms. The predicted octanol–water partition coefficient (Wildman–Crippen LogP) is 4.25. The Morgan fingerprint density at radius 1 is 1.37 bits per heavy atom. The molecule has 0 aliphatic rings. The van der Waals surface area contributed by atoms with Crippen molar-refractivity contribution in [3.05, 3.63) is 28.2 Å². The highest BCUT2D eigenvalue weighted by Crippen LogP contribution is 2.34. The molecule has 0 radical (unpaired) electrons. The molecule has 0 bridgehead atoms. The topological polar surface area (TPSA) is 38.0 Å². The van der Waals surface area contributed by atoms with Gasteiger partial charge in [-0.2, -0.15) is 13.2 Å². The molecule has 0 heterocycles. The van der Waals surface area contributed by atoms with Gasteiger partial charge in [0.2, 0.25) is 0 Å². The van der Waals surface area contributed by atoms with Crippen molar-refractivity contribution >= 4 is 21.6 Å². The minimum Gasteiger partial charge on any atom is -0.384 e. The maximum absolute atomic E-state index is 12.5. The minimum absolute atomic E-state index is 0.421. The zero-order valence-electron chi connectivity index (χ0n) is 10.7. The molecule has 1 unspecified atom stereocenters. The van der Waals surface area contributed by atoms with Gasteiger partial charge in [0, 0.05) is 16.7 Å². The number of alkyl halides is 3. The molecule has 0 spiro atoms. The Labute approximate surface area is 119 Å². The van der Waals surface area contributed by atoms with E-state index in [0.717, 1.165) is 25.0 Å². The van der Waals surface area contributed by atoms with Gasteiger partial charge >= 0.3 is 6.18 Å². The number of benzene rings is 1. The highest BCUT2D eigenvalue weighted by Gasteiger charge is 2.30. The summed E-state index contributed by atoms with van der Waals surface area (Å²) in [7, 11) is 0. The summed E-state index contributed by atoms with van der Waals surface area (Å²) >= 11 is 3.16. The van der Waals surface area contributed by atoms with E-state index in [1.165, 1.54) is 6.07 Å². The van der Waals surface area contributed by atoms with E-state index in [2.05, 4.69) is 28.2 Å². The molecular formula is C13H18BrF3N2. The van der Waals surface area contributed by atoms with E-state index >= 15 is 0 Å². The van der Waals surface area contributed by atoms with Gasteiger partial charge in [-0.15, -0.1) is 0 Å². The van der Waals surface area contributed by atoms with Crippen LogP contribution in [-0.2, 0) is 6.18 Å². The fourth-order valence-electron chi connectivity index (χ4n) is 1.78. The Kier molecular flexibility index (Phi) is 6.13. The van der Waals surface area contributed by atoms with Gasteiger partial charge in [-0.1, -0.05) is 13.3 Å². The summed E-state index contributed by atoms with van der Waals surface area (Å²) in [6.07, 6.45) is -2.42. The number of hydrogen-bond acceptors (Lipinski definition) is 2. The van der Waals surface area contributed by atoms with Gasteiger partial charge in [-0.3, -0.25) is 0 Å². The molecule has 108 valence electrons. The lowest BCUT2D eigenvalue weighted by Crippen LogP contribution is -2.17. The Hall–Kier alpha value is -0.750. The van der Waals surface area contributed by atoms with Crippen molar-refractivity contribution < 1.29 is 13.2 Å². The van der Waals surface area contributed by atoms with Gasteiger partial charge in [0.25, 0.3) is 0 Å². The number of anilines is 1. The molecule has 0 aliphatic heterocycles. The number of halogens is 4. The van der Waals surface area contributed by atoms with Crippen LogP contribution in [0.4, 0.5) is 18.9 Å². The van der Waals surface area contributed by atoms with Gasteiger partial charge in [0.05, 0.1) is 5.56 Å². The molecule has 0 aliphatic carbocycles. The molecular weight excluding hydrogens is 321 g/mol. The first-order valence-electron chi connectivity index (χ1n) is 6.19. The van der Waals surface area contributed by atoms with Crippen LogP contribution in [0.15, 0.2) is 22.7 Å². The van der Waals surface area contributed by atoms with Crippen LogP contribution >= 0.6 is 15.9 Å². The monoisotopic (exact) mass is 338 g/mol. The molecule has 0 amide bonds. The van der Waals surface area contributed by atoms with Crippen molar-refractivity contribution in [1.82, 2.24) is 0 Å². The van der Waals surface area contributed by atoms with Crippen LogP contribution in [0.3, 0.4) is 0 Å². The van der Waals surface area contributed by atoms with Crippen LogP contribution in [-0.4, -0.2) is 13.1 Å². The Morgan fingerprint density at radius 3 is 2.53 bits per heavy atom. The van der Waals surface area contributed by atoms with E-state index in [4.69, 9.17) is 5.73 Å². The van der Waals surface area contributed by atoms with E-state index in [1.54, 1.807) is 0 Å². The largest absolute Gasteiger partial charge is 0.416 e. The lowest BCUT2D eigenvalue weighted by atomic mass is 10.0. The molecule has 1 aromatic carbocycles. The second-order valence-electron chi connectivity index (χ2n) is 4.42. The highest BCUT2D eigenvalue weighted by atomic mass is 79.9. The fourth-order valence-corrected chi connectivity index (χ4v) is 2.29. The molecule has 1 atom stereocenters. The van der Waals surface area contributed by atoms with Gasteiger partial charge in [0.15, 0.2) is 0 Å². The van der Waals surface area contributed by atoms with Crippen molar-refractivity contribution in [2.24, 2.45) is 11.7 Å². The van der Waals surface area contributed by atoms with Crippen LogP contribution < -0.4 is 11.1 Å². The normalized spacial score (nSPS) is 13.4. The zero-order chi connectivity index (χ0) is 14.5. The Bertz CT molecular complexity index is 407. The molecule has 0 saturated carbocycles. The first-order chi connectivity index (χ1) is 8.88. The van der Waals surface area contributed by atoms with Gasteiger partial charge < -0.3 is 11.1 Å². The third-order valence-corrected chi connectivity index (χ3v) is 3.69. The summed E-state index contributed by atoms with van der Waals surface area (Å²) in [5.41, 5.74) is 5.53. The molecule has 2 nitrogen and oxygen atoms in total. The fraction of sp³-hybridized carbons (Fsp3) is 0.538. The molecule has 0 saturated heterocycles. The van der Waals surface area contributed by atoms with Crippen LogP contribution in [0.1, 0.15) is 25.3 Å². The number of hydrogen-bond donors (Lipinski definition) is 2. The number of nitrogens with one attached hydrogen (secondary N) is 1. The quantitative estimate of drug-likeness (QED) is 0.813. The maximum Gasteiger partial charge on any atom is 0.416 e. The molecule has 3 N–H and O–H groups in total. The minimum atomic E-state index is -4.31. The second kappa shape index (κ2) is 7.14. The second-order valence-corrected chi connectivity index (χ2v) is 5.28. The van der Waals surface area contributed by atoms with Crippen molar-refractivity contribution in [1.29, 1.82) is 0 Å². The number of nitrogens with two attached hydrogens (primary N) is 1. The first-order valence-corrected chi connectivity index (χ1v) is 6.98. The number of rotatable bonds is 6. The van der Waals surface area contributed by atoms with Gasteiger partial charge in [-0.25, -0.2) is 0 Å². The van der Waals surface area contributed by atoms with Crippen LogP contribution in [0.5, 0.6) is 0 Å².